The van der Waals surface area contributed by atoms with Gasteiger partial charge in [-0.25, -0.2) is 8.42 Å². The van der Waals surface area contributed by atoms with Crippen LogP contribution >= 0.6 is 0 Å². The molecule has 0 saturated heterocycles. The molecular weight excluding hydrogens is 262 g/mol. The number of anilines is 1. The Labute approximate surface area is 115 Å². The Hall–Kier alpha value is -1.07. The van der Waals surface area contributed by atoms with Gasteiger partial charge in [-0.15, -0.1) is 0 Å². The van der Waals surface area contributed by atoms with E-state index >= 15 is 0 Å². The average Bonchev–Trinajstić information content (AvgIpc) is 2.33. The first-order chi connectivity index (χ1) is 8.75. The summed E-state index contributed by atoms with van der Waals surface area (Å²) >= 11 is 0. The second-order valence-electron chi connectivity index (χ2n) is 5.77. The molecule has 2 rings (SSSR count). The van der Waals surface area contributed by atoms with Gasteiger partial charge in [0.25, 0.3) is 0 Å². The molecule has 0 radical (unpaired) electrons. The van der Waals surface area contributed by atoms with Gasteiger partial charge in [0.1, 0.15) is 0 Å². The summed E-state index contributed by atoms with van der Waals surface area (Å²) in [6, 6.07) is 7.24. The van der Waals surface area contributed by atoms with E-state index < -0.39 is 9.84 Å². The maximum absolute atomic E-state index is 11.4. The Balaban J connectivity index is 2.06. The van der Waals surface area contributed by atoms with Crippen LogP contribution in [-0.4, -0.2) is 33.9 Å². The minimum absolute atomic E-state index is 0.0876. The Morgan fingerprint density at radius 3 is 2.26 bits per heavy atom. The van der Waals surface area contributed by atoms with Gasteiger partial charge in [0.15, 0.2) is 9.84 Å². The van der Waals surface area contributed by atoms with Crippen LogP contribution in [0.3, 0.4) is 0 Å². The standard InChI is InChI=1S/C14H21NO3S/c1-14(2)12(9-13(14)18-3)15-10-5-7-11(8-6-10)19(4,16)17/h5-8,12-13,15H,9H2,1-4H3. The molecular formula is C14H21NO3S. The van der Waals surface area contributed by atoms with Gasteiger partial charge < -0.3 is 10.1 Å². The van der Waals surface area contributed by atoms with Crippen LogP contribution in [0.5, 0.6) is 0 Å². The summed E-state index contributed by atoms with van der Waals surface area (Å²) in [5.41, 5.74) is 1.03. The van der Waals surface area contributed by atoms with Gasteiger partial charge in [-0.05, 0) is 30.7 Å². The number of methoxy groups -OCH3 is 1. The molecule has 0 amide bonds. The molecule has 1 saturated carbocycles. The lowest BCUT2D eigenvalue weighted by Gasteiger charge is -2.51. The molecule has 1 fully saturated rings. The predicted octanol–water partition coefficient (Wildman–Crippen LogP) is 2.32. The van der Waals surface area contributed by atoms with Crippen molar-refractivity contribution in [2.45, 2.75) is 37.3 Å². The number of hydrogen-bond donors (Lipinski definition) is 1. The second kappa shape index (κ2) is 4.80. The van der Waals surface area contributed by atoms with Gasteiger partial charge in [-0.2, -0.15) is 0 Å². The third kappa shape index (κ3) is 2.77. The fourth-order valence-corrected chi connectivity index (χ4v) is 3.16. The zero-order valence-corrected chi connectivity index (χ0v) is 12.6. The van der Waals surface area contributed by atoms with E-state index in [1.807, 2.05) is 12.1 Å². The van der Waals surface area contributed by atoms with Gasteiger partial charge in [0.05, 0.1) is 11.0 Å². The maximum Gasteiger partial charge on any atom is 0.175 e. The van der Waals surface area contributed by atoms with Crippen molar-refractivity contribution < 1.29 is 13.2 Å². The highest BCUT2D eigenvalue weighted by Gasteiger charge is 2.48. The lowest BCUT2D eigenvalue weighted by molar-refractivity contribution is -0.0794. The lowest BCUT2D eigenvalue weighted by atomic mass is 9.64. The molecule has 19 heavy (non-hydrogen) atoms. The van der Waals surface area contributed by atoms with Crippen molar-refractivity contribution in [2.75, 3.05) is 18.7 Å². The van der Waals surface area contributed by atoms with Crippen LogP contribution in [0, 0.1) is 5.41 Å². The highest BCUT2D eigenvalue weighted by Crippen LogP contribution is 2.44. The van der Waals surface area contributed by atoms with Crippen LogP contribution in [0.25, 0.3) is 0 Å². The van der Waals surface area contributed by atoms with Gasteiger partial charge in [-0.3, -0.25) is 0 Å². The number of nitrogens with one attached hydrogen (secondary N) is 1. The molecule has 5 heteroatoms. The van der Waals surface area contributed by atoms with Crippen LogP contribution in [0.1, 0.15) is 20.3 Å². The molecule has 0 aliphatic heterocycles. The van der Waals surface area contributed by atoms with Crippen LogP contribution in [0.4, 0.5) is 5.69 Å². The highest BCUT2D eigenvalue weighted by atomic mass is 32.2. The Bertz CT molecular complexity index is 549. The molecule has 106 valence electrons. The molecule has 4 nitrogen and oxygen atoms in total. The Kier molecular flexibility index (Phi) is 3.62. The normalized spacial score (nSPS) is 25.7. The summed E-state index contributed by atoms with van der Waals surface area (Å²) in [4.78, 5) is 0.348. The van der Waals surface area contributed by atoms with Gasteiger partial charge in [-0.1, -0.05) is 13.8 Å². The molecule has 1 aliphatic rings. The molecule has 2 unspecified atom stereocenters. The lowest BCUT2D eigenvalue weighted by Crippen LogP contribution is -2.57. The van der Waals surface area contributed by atoms with Crippen LogP contribution in [-0.2, 0) is 14.6 Å². The van der Waals surface area contributed by atoms with Gasteiger partial charge in [0.2, 0.25) is 0 Å². The molecule has 0 spiro atoms. The molecule has 0 heterocycles. The maximum atomic E-state index is 11.4. The van der Waals surface area contributed by atoms with Crippen molar-refractivity contribution in [3.8, 4) is 0 Å². The summed E-state index contributed by atoms with van der Waals surface area (Å²) in [7, 11) is -1.38. The number of rotatable bonds is 4. The van der Waals surface area contributed by atoms with E-state index in [1.165, 1.54) is 6.26 Å². The zero-order chi connectivity index (χ0) is 14.3. The highest BCUT2D eigenvalue weighted by molar-refractivity contribution is 7.90. The van der Waals surface area contributed by atoms with Crippen molar-refractivity contribution >= 4 is 15.5 Å². The van der Waals surface area contributed by atoms with E-state index in [-0.39, 0.29) is 11.5 Å². The first kappa shape index (κ1) is 14.3. The van der Waals surface area contributed by atoms with E-state index in [4.69, 9.17) is 4.74 Å². The van der Waals surface area contributed by atoms with Crippen molar-refractivity contribution in [3.05, 3.63) is 24.3 Å². The van der Waals surface area contributed by atoms with Crippen molar-refractivity contribution in [3.63, 3.8) is 0 Å². The van der Waals surface area contributed by atoms with E-state index in [9.17, 15) is 8.42 Å². The smallest absolute Gasteiger partial charge is 0.175 e. The second-order valence-corrected chi connectivity index (χ2v) is 7.79. The number of hydrogen-bond acceptors (Lipinski definition) is 4. The number of benzene rings is 1. The molecule has 1 aromatic carbocycles. The van der Waals surface area contributed by atoms with Gasteiger partial charge >= 0.3 is 0 Å². The quantitative estimate of drug-likeness (QED) is 0.921. The first-order valence-electron chi connectivity index (χ1n) is 6.34. The van der Waals surface area contributed by atoms with Crippen molar-refractivity contribution in [1.82, 2.24) is 0 Å². The van der Waals surface area contributed by atoms with E-state index in [0.29, 0.717) is 10.9 Å². The minimum atomic E-state index is -3.12. The number of sulfone groups is 1. The number of ether oxygens (including phenoxy) is 1. The summed E-state index contributed by atoms with van der Waals surface area (Å²) in [6.07, 6.45) is 2.46. The summed E-state index contributed by atoms with van der Waals surface area (Å²) in [5.74, 6) is 0. The third-order valence-electron chi connectivity index (χ3n) is 4.09. The van der Waals surface area contributed by atoms with Crippen molar-refractivity contribution in [1.29, 1.82) is 0 Å². The topological polar surface area (TPSA) is 55.4 Å². The Morgan fingerprint density at radius 1 is 1.26 bits per heavy atom. The molecule has 0 aromatic heterocycles. The summed E-state index contributed by atoms with van der Waals surface area (Å²) in [6.45, 7) is 4.35. The van der Waals surface area contributed by atoms with E-state index in [0.717, 1.165) is 12.1 Å². The van der Waals surface area contributed by atoms with Crippen LogP contribution < -0.4 is 5.32 Å². The third-order valence-corrected chi connectivity index (χ3v) is 5.21. The molecule has 1 N–H and O–H groups in total. The minimum Gasteiger partial charge on any atom is -0.382 e. The van der Waals surface area contributed by atoms with Crippen LogP contribution in [0.2, 0.25) is 0 Å². The predicted molar refractivity (Wildman–Crippen MR) is 76.2 cm³/mol. The van der Waals surface area contributed by atoms with Crippen LogP contribution in [0.15, 0.2) is 29.2 Å². The fraction of sp³-hybridized carbons (Fsp3) is 0.571. The fourth-order valence-electron chi connectivity index (χ4n) is 2.53. The summed E-state index contributed by atoms with van der Waals surface area (Å²) < 4.78 is 28.2. The van der Waals surface area contributed by atoms with Crippen molar-refractivity contribution in [2.24, 2.45) is 5.41 Å². The Morgan fingerprint density at radius 2 is 1.84 bits per heavy atom. The zero-order valence-electron chi connectivity index (χ0n) is 11.8. The SMILES string of the molecule is COC1CC(Nc2ccc(S(C)(=O)=O)cc2)C1(C)C. The largest absolute Gasteiger partial charge is 0.382 e. The van der Waals surface area contributed by atoms with Gasteiger partial charge in [0, 0.05) is 30.5 Å². The monoisotopic (exact) mass is 283 g/mol. The van der Waals surface area contributed by atoms with E-state index in [1.54, 1.807) is 19.2 Å². The summed E-state index contributed by atoms with van der Waals surface area (Å²) in [5, 5.41) is 3.44. The molecule has 0 bridgehead atoms. The average molecular weight is 283 g/mol. The first-order valence-corrected chi connectivity index (χ1v) is 8.23. The molecule has 1 aromatic rings. The molecule has 1 aliphatic carbocycles. The molecule has 2 atom stereocenters. The van der Waals surface area contributed by atoms with E-state index in [2.05, 4.69) is 19.2 Å².